The molecule has 0 aliphatic carbocycles. The minimum Gasteiger partial charge on any atom is -0.471 e. The fraction of sp³-hybridized carbons (Fsp3) is 0.333. The Hall–Kier alpha value is -2.30. The molecule has 0 amide bonds. The van der Waals surface area contributed by atoms with Gasteiger partial charge in [-0.15, -0.1) is 5.10 Å². The molecule has 2 aromatic rings. The molecule has 0 bridgehead atoms. The Kier molecular flexibility index (Phi) is 4.40. The number of hydrogen-bond donors (Lipinski definition) is 0. The van der Waals surface area contributed by atoms with Crippen molar-refractivity contribution in [3.8, 4) is 5.88 Å². The predicted octanol–water partition coefficient (Wildman–Crippen LogP) is 2.48. The number of aromatic nitrogens is 2. The first-order chi connectivity index (χ1) is 9.63. The molecule has 0 aliphatic rings. The molecule has 0 atom stereocenters. The minimum atomic E-state index is -0.402. The van der Waals surface area contributed by atoms with Crippen LogP contribution < -0.4 is 4.74 Å². The lowest BCUT2D eigenvalue weighted by Crippen LogP contribution is -2.08. The van der Waals surface area contributed by atoms with Crippen LogP contribution in [0.1, 0.15) is 28.5 Å². The molecule has 106 valence electrons. The summed E-state index contributed by atoms with van der Waals surface area (Å²) < 4.78 is 12.3. The Bertz CT molecular complexity index is 591. The second kappa shape index (κ2) is 6.23. The highest BCUT2D eigenvalue weighted by molar-refractivity contribution is 5.93. The van der Waals surface area contributed by atoms with Crippen LogP contribution in [-0.4, -0.2) is 22.4 Å². The van der Waals surface area contributed by atoms with Gasteiger partial charge in [-0.25, -0.2) is 4.79 Å². The standard InChI is InChI=1S/C15H18N2O3/c1-4-19-15(18)13-11(2)17(3)16-14(13)20-10-12-8-6-5-7-9-12/h5-9H,4,10H2,1-3H3. The van der Waals surface area contributed by atoms with Crippen molar-refractivity contribution in [2.24, 2.45) is 7.05 Å². The SMILES string of the molecule is CCOC(=O)c1c(OCc2ccccc2)nn(C)c1C. The van der Waals surface area contributed by atoms with E-state index in [1.54, 1.807) is 18.7 Å². The van der Waals surface area contributed by atoms with Gasteiger partial charge < -0.3 is 9.47 Å². The smallest absolute Gasteiger partial charge is 0.345 e. The van der Waals surface area contributed by atoms with Gasteiger partial charge in [-0.3, -0.25) is 4.68 Å². The predicted molar refractivity (Wildman–Crippen MR) is 74.7 cm³/mol. The Morgan fingerprint density at radius 3 is 2.65 bits per heavy atom. The molecule has 0 saturated heterocycles. The van der Waals surface area contributed by atoms with E-state index in [1.165, 1.54) is 0 Å². The van der Waals surface area contributed by atoms with Gasteiger partial charge in [-0.2, -0.15) is 0 Å². The van der Waals surface area contributed by atoms with Gasteiger partial charge in [0.05, 0.1) is 12.3 Å². The van der Waals surface area contributed by atoms with Crippen LogP contribution in [0.4, 0.5) is 0 Å². The maximum absolute atomic E-state index is 12.0. The van der Waals surface area contributed by atoms with Crippen LogP contribution in [0, 0.1) is 6.92 Å². The van der Waals surface area contributed by atoms with Crippen molar-refractivity contribution in [3.63, 3.8) is 0 Å². The molecule has 0 spiro atoms. The molecule has 20 heavy (non-hydrogen) atoms. The third-order valence-electron chi connectivity index (χ3n) is 3.00. The van der Waals surface area contributed by atoms with Crippen LogP contribution in [0.5, 0.6) is 5.88 Å². The van der Waals surface area contributed by atoms with E-state index < -0.39 is 5.97 Å². The lowest BCUT2D eigenvalue weighted by molar-refractivity contribution is 0.0520. The first-order valence-electron chi connectivity index (χ1n) is 6.51. The lowest BCUT2D eigenvalue weighted by atomic mass is 10.2. The van der Waals surface area contributed by atoms with E-state index in [9.17, 15) is 4.79 Å². The number of ether oxygens (including phenoxy) is 2. The maximum Gasteiger partial charge on any atom is 0.345 e. The Morgan fingerprint density at radius 1 is 1.30 bits per heavy atom. The summed E-state index contributed by atoms with van der Waals surface area (Å²) >= 11 is 0. The van der Waals surface area contributed by atoms with Crippen LogP contribution in [0.25, 0.3) is 0 Å². The van der Waals surface area contributed by atoms with Crippen LogP contribution in [0.2, 0.25) is 0 Å². The first kappa shape index (κ1) is 14.1. The van der Waals surface area contributed by atoms with E-state index in [0.29, 0.717) is 24.7 Å². The summed E-state index contributed by atoms with van der Waals surface area (Å²) in [5.41, 5.74) is 2.14. The van der Waals surface area contributed by atoms with Crippen LogP contribution in [0.3, 0.4) is 0 Å². The number of nitrogens with zero attached hydrogens (tertiary/aromatic N) is 2. The largest absolute Gasteiger partial charge is 0.471 e. The molecule has 1 aromatic heterocycles. The molecule has 0 aliphatic heterocycles. The summed E-state index contributed by atoms with van der Waals surface area (Å²) in [5.74, 6) is -0.0894. The van der Waals surface area contributed by atoms with E-state index in [2.05, 4.69) is 5.10 Å². The average molecular weight is 274 g/mol. The van der Waals surface area contributed by atoms with E-state index in [1.807, 2.05) is 37.3 Å². The molecular weight excluding hydrogens is 256 g/mol. The minimum absolute atomic E-state index is 0.312. The number of esters is 1. The second-order valence-electron chi connectivity index (χ2n) is 4.38. The van der Waals surface area contributed by atoms with Gasteiger partial charge in [0.25, 0.3) is 0 Å². The van der Waals surface area contributed by atoms with Crippen molar-refractivity contribution in [3.05, 3.63) is 47.2 Å². The molecule has 0 unspecified atom stereocenters. The molecule has 0 radical (unpaired) electrons. The molecule has 5 heteroatoms. The quantitative estimate of drug-likeness (QED) is 0.786. The van der Waals surface area contributed by atoms with Crippen molar-refractivity contribution in [2.75, 3.05) is 6.61 Å². The molecule has 0 saturated carbocycles. The normalized spacial score (nSPS) is 10.3. The van der Waals surface area contributed by atoms with Crippen molar-refractivity contribution >= 4 is 5.97 Å². The van der Waals surface area contributed by atoms with Gasteiger partial charge in [0, 0.05) is 7.05 Å². The van der Waals surface area contributed by atoms with Gasteiger partial charge in [0.2, 0.25) is 5.88 Å². The summed E-state index contributed by atoms with van der Waals surface area (Å²) in [4.78, 5) is 12.0. The number of aryl methyl sites for hydroxylation is 1. The molecule has 0 fully saturated rings. The van der Waals surface area contributed by atoms with E-state index in [0.717, 1.165) is 11.3 Å². The number of carbonyl (C=O) groups is 1. The van der Waals surface area contributed by atoms with Crippen molar-refractivity contribution in [1.29, 1.82) is 0 Å². The van der Waals surface area contributed by atoms with Gasteiger partial charge in [-0.1, -0.05) is 30.3 Å². The summed E-state index contributed by atoms with van der Waals surface area (Å²) in [6, 6.07) is 9.74. The maximum atomic E-state index is 12.0. The van der Waals surface area contributed by atoms with Crippen molar-refractivity contribution in [1.82, 2.24) is 9.78 Å². The molecule has 1 heterocycles. The molecule has 2 rings (SSSR count). The molecule has 0 N–H and O–H groups in total. The summed E-state index contributed by atoms with van der Waals surface area (Å²) in [5, 5.41) is 4.22. The van der Waals surface area contributed by atoms with E-state index >= 15 is 0 Å². The van der Waals surface area contributed by atoms with Gasteiger partial charge in [0.15, 0.2) is 0 Å². The van der Waals surface area contributed by atoms with Crippen LogP contribution >= 0.6 is 0 Å². The van der Waals surface area contributed by atoms with Gasteiger partial charge in [0.1, 0.15) is 12.2 Å². The Balaban J connectivity index is 2.19. The highest BCUT2D eigenvalue weighted by Crippen LogP contribution is 2.22. The first-order valence-corrected chi connectivity index (χ1v) is 6.51. The third-order valence-corrected chi connectivity index (χ3v) is 3.00. The second-order valence-corrected chi connectivity index (χ2v) is 4.38. The number of hydrogen-bond acceptors (Lipinski definition) is 4. The lowest BCUT2D eigenvalue weighted by Gasteiger charge is -2.06. The zero-order chi connectivity index (χ0) is 14.5. The fourth-order valence-electron chi connectivity index (χ4n) is 1.84. The van der Waals surface area contributed by atoms with Crippen molar-refractivity contribution < 1.29 is 14.3 Å². The zero-order valence-electron chi connectivity index (χ0n) is 11.9. The van der Waals surface area contributed by atoms with Gasteiger partial charge in [-0.05, 0) is 19.4 Å². The molecule has 1 aromatic carbocycles. The summed E-state index contributed by atoms with van der Waals surface area (Å²) in [6.07, 6.45) is 0. The monoisotopic (exact) mass is 274 g/mol. The Morgan fingerprint density at radius 2 is 2.00 bits per heavy atom. The van der Waals surface area contributed by atoms with Crippen molar-refractivity contribution in [2.45, 2.75) is 20.5 Å². The zero-order valence-corrected chi connectivity index (χ0v) is 11.9. The number of rotatable bonds is 5. The number of carbonyl (C=O) groups excluding carboxylic acids is 1. The van der Waals surface area contributed by atoms with E-state index in [4.69, 9.17) is 9.47 Å². The molecule has 5 nitrogen and oxygen atoms in total. The third kappa shape index (κ3) is 2.99. The topological polar surface area (TPSA) is 53.4 Å². The summed E-state index contributed by atoms with van der Waals surface area (Å²) in [7, 11) is 1.77. The summed E-state index contributed by atoms with van der Waals surface area (Å²) in [6.45, 7) is 4.28. The van der Waals surface area contributed by atoms with Crippen LogP contribution in [0.15, 0.2) is 30.3 Å². The average Bonchev–Trinajstić information content (AvgIpc) is 2.73. The van der Waals surface area contributed by atoms with Crippen LogP contribution in [-0.2, 0) is 18.4 Å². The highest BCUT2D eigenvalue weighted by atomic mass is 16.5. The van der Waals surface area contributed by atoms with Gasteiger partial charge >= 0.3 is 5.97 Å². The number of benzene rings is 1. The Labute approximate surface area is 118 Å². The van der Waals surface area contributed by atoms with E-state index in [-0.39, 0.29) is 0 Å². The fourth-order valence-corrected chi connectivity index (χ4v) is 1.84. The highest BCUT2D eigenvalue weighted by Gasteiger charge is 2.22. The molecular formula is C15H18N2O3.